The van der Waals surface area contributed by atoms with Gasteiger partial charge >= 0.3 is 0 Å². The Morgan fingerprint density at radius 1 is 1.30 bits per heavy atom. The average molecular weight is 274 g/mol. The fraction of sp³-hybridized carbons (Fsp3) is 0.467. The first-order valence-corrected chi connectivity index (χ1v) is 6.94. The van der Waals surface area contributed by atoms with Gasteiger partial charge in [-0.2, -0.15) is 0 Å². The molecule has 2 N–H and O–H groups in total. The van der Waals surface area contributed by atoms with E-state index in [1.807, 2.05) is 19.4 Å². The van der Waals surface area contributed by atoms with Crippen LogP contribution in [0.1, 0.15) is 26.8 Å². The standard InChI is InChI=1S/C15H22N4O/c1-4-20-9-15(11(2)3)19-10-18-8-14(19)12-7-17-6-5-13(12)16/h5-8,10-11,15H,4,9H2,1-3H3,(H2,16,17). The molecule has 0 bridgehead atoms. The Kier molecular flexibility index (Phi) is 4.74. The van der Waals surface area contributed by atoms with Gasteiger partial charge in [0, 0.05) is 30.3 Å². The highest BCUT2D eigenvalue weighted by Gasteiger charge is 2.20. The van der Waals surface area contributed by atoms with E-state index in [0.717, 1.165) is 11.3 Å². The van der Waals surface area contributed by atoms with E-state index in [1.165, 1.54) is 0 Å². The third-order valence-corrected chi connectivity index (χ3v) is 3.42. The Hall–Kier alpha value is -1.88. The number of imidazole rings is 1. The van der Waals surface area contributed by atoms with E-state index in [9.17, 15) is 0 Å². The number of hydrogen-bond acceptors (Lipinski definition) is 4. The van der Waals surface area contributed by atoms with Gasteiger partial charge in [0.05, 0.1) is 30.9 Å². The number of nitrogen functional groups attached to an aromatic ring is 1. The molecule has 0 spiro atoms. The molecule has 0 aromatic carbocycles. The third kappa shape index (κ3) is 2.99. The van der Waals surface area contributed by atoms with Crippen LogP contribution in [-0.4, -0.2) is 27.7 Å². The first-order chi connectivity index (χ1) is 9.65. The van der Waals surface area contributed by atoms with E-state index >= 15 is 0 Å². The summed E-state index contributed by atoms with van der Waals surface area (Å²) in [5, 5.41) is 0. The molecule has 2 aromatic heterocycles. The molecule has 0 saturated carbocycles. The molecule has 0 aliphatic carbocycles. The van der Waals surface area contributed by atoms with Gasteiger partial charge in [-0.05, 0) is 18.9 Å². The number of rotatable bonds is 6. The summed E-state index contributed by atoms with van der Waals surface area (Å²) in [5.41, 5.74) is 8.64. The minimum absolute atomic E-state index is 0.229. The van der Waals surface area contributed by atoms with Crippen molar-refractivity contribution in [1.29, 1.82) is 0 Å². The number of aromatic nitrogens is 3. The Bertz CT molecular complexity index is 550. The Labute approximate surface area is 119 Å². The molecule has 0 aliphatic heterocycles. The van der Waals surface area contributed by atoms with Gasteiger partial charge in [-0.25, -0.2) is 4.98 Å². The second-order valence-electron chi connectivity index (χ2n) is 5.12. The lowest BCUT2D eigenvalue weighted by Gasteiger charge is -2.24. The first-order valence-electron chi connectivity index (χ1n) is 6.94. The topological polar surface area (TPSA) is 66.0 Å². The molecule has 20 heavy (non-hydrogen) atoms. The Morgan fingerprint density at radius 2 is 2.10 bits per heavy atom. The maximum absolute atomic E-state index is 6.04. The summed E-state index contributed by atoms with van der Waals surface area (Å²) in [7, 11) is 0. The van der Waals surface area contributed by atoms with Gasteiger partial charge in [-0.3, -0.25) is 4.98 Å². The highest BCUT2D eigenvalue weighted by atomic mass is 16.5. The zero-order valence-electron chi connectivity index (χ0n) is 12.3. The highest BCUT2D eigenvalue weighted by Crippen LogP contribution is 2.29. The van der Waals surface area contributed by atoms with Crippen molar-refractivity contribution < 1.29 is 4.74 Å². The van der Waals surface area contributed by atoms with E-state index in [1.54, 1.807) is 18.5 Å². The molecule has 2 aromatic rings. The van der Waals surface area contributed by atoms with Crippen molar-refractivity contribution in [2.24, 2.45) is 5.92 Å². The number of anilines is 1. The summed E-state index contributed by atoms with van der Waals surface area (Å²) in [4.78, 5) is 8.43. The van der Waals surface area contributed by atoms with Crippen LogP contribution in [0.4, 0.5) is 5.69 Å². The van der Waals surface area contributed by atoms with Crippen LogP contribution in [0.2, 0.25) is 0 Å². The molecular weight excluding hydrogens is 252 g/mol. The fourth-order valence-electron chi connectivity index (χ4n) is 2.23. The van der Waals surface area contributed by atoms with E-state index in [2.05, 4.69) is 28.4 Å². The van der Waals surface area contributed by atoms with Gasteiger partial charge in [0.15, 0.2) is 0 Å². The van der Waals surface area contributed by atoms with Crippen LogP contribution in [0.15, 0.2) is 31.0 Å². The Balaban J connectivity index is 2.38. The van der Waals surface area contributed by atoms with Crippen molar-refractivity contribution in [3.63, 3.8) is 0 Å². The van der Waals surface area contributed by atoms with Crippen molar-refractivity contribution in [2.75, 3.05) is 18.9 Å². The predicted octanol–water partition coefficient (Wildman–Crippen LogP) is 2.76. The van der Waals surface area contributed by atoms with Gasteiger partial charge in [-0.15, -0.1) is 0 Å². The highest BCUT2D eigenvalue weighted by molar-refractivity contribution is 5.72. The summed E-state index contributed by atoms with van der Waals surface area (Å²) in [6.07, 6.45) is 7.14. The molecule has 2 rings (SSSR count). The van der Waals surface area contributed by atoms with Crippen molar-refractivity contribution in [2.45, 2.75) is 26.8 Å². The summed E-state index contributed by atoms with van der Waals surface area (Å²) in [6.45, 7) is 7.74. The number of ether oxygens (including phenoxy) is 1. The number of nitrogens with two attached hydrogens (primary N) is 1. The first kappa shape index (κ1) is 14.5. The average Bonchev–Trinajstić information content (AvgIpc) is 2.88. The maximum Gasteiger partial charge on any atom is 0.0954 e. The van der Waals surface area contributed by atoms with E-state index in [-0.39, 0.29) is 6.04 Å². The summed E-state index contributed by atoms with van der Waals surface area (Å²) in [5.74, 6) is 0.437. The molecule has 2 heterocycles. The van der Waals surface area contributed by atoms with E-state index in [4.69, 9.17) is 10.5 Å². The van der Waals surface area contributed by atoms with Gasteiger partial charge in [0.25, 0.3) is 0 Å². The number of hydrogen-bond donors (Lipinski definition) is 1. The lowest BCUT2D eigenvalue weighted by molar-refractivity contribution is 0.0970. The molecular formula is C15H22N4O. The number of nitrogens with zero attached hydrogens (tertiary/aromatic N) is 3. The lowest BCUT2D eigenvalue weighted by Crippen LogP contribution is -2.21. The quantitative estimate of drug-likeness (QED) is 0.879. The molecule has 1 atom stereocenters. The monoisotopic (exact) mass is 274 g/mol. The van der Waals surface area contributed by atoms with Gasteiger partial charge < -0.3 is 15.0 Å². The lowest BCUT2D eigenvalue weighted by atomic mass is 10.0. The molecule has 1 unspecified atom stereocenters. The van der Waals surface area contributed by atoms with Gasteiger partial charge in [-0.1, -0.05) is 13.8 Å². The third-order valence-electron chi connectivity index (χ3n) is 3.42. The van der Waals surface area contributed by atoms with Crippen LogP contribution in [0, 0.1) is 5.92 Å². The van der Waals surface area contributed by atoms with Crippen molar-refractivity contribution >= 4 is 5.69 Å². The van der Waals surface area contributed by atoms with Crippen molar-refractivity contribution in [3.05, 3.63) is 31.0 Å². The molecule has 0 fully saturated rings. The number of pyridine rings is 1. The minimum Gasteiger partial charge on any atom is -0.398 e. The van der Waals surface area contributed by atoms with Gasteiger partial charge in [0.2, 0.25) is 0 Å². The molecule has 5 heteroatoms. The second-order valence-corrected chi connectivity index (χ2v) is 5.12. The van der Waals surface area contributed by atoms with Crippen molar-refractivity contribution in [3.8, 4) is 11.3 Å². The van der Waals surface area contributed by atoms with Crippen LogP contribution >= 0.6 is 0 Å². The molecule has 0 radical (unpaired) electrons. The molecule has 108 valence electrons. The predicted molar refractivity (Wildman–Crippen MR) is 80.2 cm³/mol. The van der Waals surface area contributed by atoms with E-state index in [0.29, 0.717) is 24.8 Å². The zero-order valence-corrected chi connectivity index (χ0v) is 12.3. The van der Waals surface area contributed by atoms with Crippen LogP contribution in [0.3, 0.4) is 0 Å². The maximum atomic E-state index is 6.04. The largest absolute Gasteiger partial charge is 0.398 e. The van der Waals surface area contributed by atoms with Crippen LogP contribution in [0.25, 0.3) is 11.3 Å². The summed E-state index contributed by atoms with van der Waals surface area (Å²) < 4.78 is 7.74. The van der Waals surface area contributed by atoms with Crippen molar-refractivity contribution in [1.82, 2.24) is 14.5 Å². The summed E-state index contributed by atoms with van der Waals surface area (Å²) >= 11 is 0. The molecule has 0 saturated heterocycles. The molecule has 0 aliphatic rings. The Morgan fingerprint density at radius 3 is 2.75 bits per heavy atom. The second kappa shape index (κ2) is 6.52. The normalized spacial score (nSPS) is 12.8. The zero-order chi connectivity index (χ0) is 14.5. The smallest absolute Gasteiger partial charge is 0.0954 e. The molecule has 0 amide bonds. The van der Waals surface area contributed by atoms with Gasteiger partial charge in [0.1, 0.15) is 0 Å². The molecule has 5 nitrogen and oxygen atoms in total. The van der Waals surface area contributed by atoms with Crippen LogP contribution < -0.4 is 5.73 Å². The summed E-state index contributed by atoms with van der Waals surface area (Å²) in [6, 6.07) is 2.03. The fourth-order valence-corrected chi connectivity index (χ4v) is 2.23. The minimum atomic E-state index is 0.229. The van der Waals surface area contributed by atoms with Crippen LogP contribution in [0.5, 0.6) is 0 Å². The van der Waals surface area contributed by atoms with E-state index < -0.39 is 0 Å². The SMILES string of the molecule is CCOCC(C(C)C)n1cncc1-c1cnccc1N. The van der Waals surface area contributed by atoms with Crippen LogP contribution in [-0.2, 0) is 4.74 Å².